The molecule has 158 valence electrons. The molecule has 0 aromatic carbocycles. The molecule has 3 heterocycles. The molecule has 3 rings (SSSR count). The van der Waals surface area contributed by atoms with Gasteiger partial charge in [-0.25, -0.2) is 0 Å². The fourth-order valence-electron chi connectivity index (χ4n) is 4.87. The SMILES string of the molecule is CC(C)N1CCNC(CSCN2CCCC(CC(C)N3CCOCC3)C2)C1. The van der Waals surface area contributed by atoms with Crippen molar-refractivity contribution >= 4 is 11.8 Å². The second-order valence-corrected chi connectivity index (χ2v) is 10.1. The van der Waals surface area contributed by atoms with Crippen molar-refractivity contribution in [1.29, 1.82) is 0 Å². The molecule has 6 heteroatoms. The summed E-state index contributed by atoms with van der Waals surface area (Å²) in [6.45, 7) is 17.3. The number of piperidine rings is 1. The summed E-state index contributed by atoms with van der Waals surface area (Å²) >= 11 is 2.14. The zero-order valence-corrected chi connectivity index (χ0v) is 18.7. The maximum absolute atomic E-state index is 5.51. The van der Waals surface area contributed by atoms with Gasteiger partial charge in [-0.05, 0) is 52.5 Å². The summed E-state index contributed by atoms with van der Waals surface area (Å²) in [7, 11) is 0. The molecule has 0 radical (unpaired) electrons. The Morgan fingerprint density at radius 2 is 1.85 bits per heavy atom. The average molecular weight is 399 g/mol. The first kappa shape index (κ1) is 21.8. The second-order valence-electron chi connectivity index (χ2n) is 9.06. The summed E-state index contributed by atoms with van der Waals surface area (Å²) in [5.74, 6) is 3.33. The van der Waals surface area contributed by atoms with E-state index in [-0.39, 0.29) is 0 Å². The Kier molecular flexibility index (Phi) is 9.20. The third-order valence-corrected chi connectivity index (χ3v) is 7.74. The number of likely N-dealkylation sites (tertiary alicyclic amines) is 1. The first-order chi connectivity index (χ1) is 13.1. The van der Waals surface area contributed by atoms with Gasteiger partial charge in [-0.3, -0.25) is 14.7 Å². The Morgan fingerprint density at radius 1 is 1.04 bits per heavy atom. The van der Waals surface area contributed by atoms with Crippen LogP contribution in [0, 0.1) is 5.92 Å². The van der Waals surface area contributed by atoms with Gasteiger partial charge in [0.05, 0.1) is 13.2 Å². The van der Waals surface area contributed by atoms with Crippen LogP contribution in [0.5, 0.6) is 0 Å². The van der Waals surface area contributed by atoms with Crippen LogP contribution < -0.4 is 5.32 Å². The maximum Gasteiger partial charge on any atom is 0.0594 e. The van der Waals surface area contributed by atoms with Gasteiger partial charge in [0.15, 0.2) is 0 Å². The molecule has 0 aromatic heterocycles. The summed E-state index contributed by atoms with van der Waals surface area (Å²) in [4.78, 5) is 7.96. The van der Waals surface area contributed by atoms with E-state index in [4.69, 9.17) is 4.74 Å². The quantitative estimate of drug-likeness (QED) is 0.674. The number of morpholine rings is 1. The molecular formula is C21H42N4OS. The van der Waals surface area contributed by atoms with Gasteiger partial charge in [0.2, 0.25) is 0 Å². The highest BCUT2D eigenvalue weighted by Crippen LogP contribution is 2.24. The molecule has 3 aliphatic heterocycles. The van der Waals surface area contributed by atoms with Crippen LogP contribution in [0.1, 0.15) is 40.0 Å². The molecule has 3 atom stereocenters. The minimum absolute atomic E-state index is 0.660. The van der Waals surface area contributed by atoms with Crippen molar-refractivity contribution in [2.45, 2.75) is 58.2 Å². The van der Waals surface area contributed by atoms with Crippen LogP contribution in [0.25, 0.3) is 0 Å². The Hall–Kier alpha value is 0.150. The van der Waals surface area contributed by atoms with Gasteiger partial charge in [0, 0.05) is 69.0 Å². The average Bonchev–Trinajstić information content (AvgIpc) is 2.69. The molecule has 0 spiro atoms. The largest absolute Gasteiger partial charge is 0.379 e. The van der Waals surface area contributed by atoms with Crippen molar-refractivity contribution in [3.8, 4) is 0 Å². The number of rotatable bonds is 8. The number of piperazine rings is 1. The number of nitrogens with one attached hydrogen (secondary N) is 1. The van der Waals surface area contributed by atoms with E-state index < -0.39 is 0 Å². The van der Waals surface area contributed by atoms with Gasteiger partial charge in [0.1, 0.15) is 0 Å². The molecule has 0 bridgehead atoms. The minimum atomic E-state index is 0.660. The second kappa shape index (κ2) is 11.4. The first-order valence-electron chi connectivity index (χ1n) is 11.2. The number of ether oxygens (including phenoxy) is 1. The molecule has 0 saturated carbocycles. The summed E-state index contributed by atoms with van der Waals surface area (Å²) in [6.07, 6.45) is 4.15. The summed E-state index contributed by atoms with van der Waals surface area (Å²) < 4.78 is 5.51. The molecule has 3 aliphatic rings. The van der Waals surface area contributed by atoms with Crippen LogP contribution in [0.15, 0.2) is 0 Å². The van der Waals surface area contributed by atoms with Gasteiger partial charge < -0.3 is 10.1 Å². The topological polar surface area (TPSA) is 31.0 Å². The summed E-state index contributed by atoms with van der Waals surface area (Å²) in [6, 6.07) is 2.05. The van der Waals surface area contributed by atoms with Crippen molar-refractivity contribution in [1.82, 2.24) is 20.0 Å². The lowest BCUT2D eigenvalue weighted by molar-refractivity contribution is 0.0126. The molecular weight excluding hydrogens is 356 g/mol. The highest BCUT2D eigenvalue weighted by atomic mass is 32.2. The van der Waals surface area contributed by atoms with Crippen LogP contribution in [0.3, 0.4) is 0 Å². The van der Waals surface area contributed by atoms with Gasteiger partial charge >= 0.3 is 0 Å². The molecule has 0 amide bonds. The van der Waals surface area contributed by atoms with Gasteiger partial charge in [-0.15, -0.1) is 11.8 Å². The van der Waals surface area contributed by atoms with E-state index in [1.165, 1.54) is 57.1 Å². The minimum Gasteiger partial charge on any atom is -0.379 e. The van der Waals surface area contributed by atoms with E-state index in [9.17, 15) is 0 Å². The lowest BCUT2D eigenvalue weighted by atomic mass is 9.91. The highest BCUT2D eigenvalue weighted by Gasteiger charge is 2.26. The molecule has 1 N–H and O–H groups in total. The van der Waals surface area contributed by atoms with Crippen molar-refractivity contribution < 1.29 is 4.74 Å². The van der Waals surface area contributed by atoms with Crippen LogP contribution in [0.4, 0.5) is 0 Å². The lowest BCUT2D eigenvalue weighted by Crippen LogP contribution is -2.53. The van der Waals surface area contributed by atoms with Crippen LogP contribution >= 0.6 is 11.8 Å². The van der Waals surface area contributed by atoms with E-state index in [0.29, 0.717) is 18.1 Å². The van der Waals surface area contributed by atoms with E-state index >= 15 is 0 Å². The number of thioether (sulfide) groups is 1. The molecule has 0 aromatic rings. The summed E-state index contributed by atoms with van der Waals surface area (Å²) in [5, 5.41) is 3.72. The van der Waals surface area contributed by atoms with E-state index in [0.717, 1.165) is 38.8 Å². The number of nitrogens with zero attached hydrogens (tertiary/aromatic N) is 3. The molecule has 3 unspecified atom stereocenters. The van der Waals surface area contributed by atoms with Crippen molar-refractivity contribution in [2.75, 3.05) is 70.7 Å². The molecule has 27 heavy (non-hydrogen) atoms. The Morgan fingerprint density at radius 3 is 2.63 bits per heavy atom. The fourth-order valence-corrected chi connectivity index (χ4v) is 5.97. The Balaban J connectivity index is 1.33. The van der Waals surface area contributed by atoms with E-state index in [2.05, 4.69) is 52.5 Å². The van der Waals surface area contributed by atoms with Crippen molar-refractivity contribution in [3.63, 3.8) is 0 Å². The fraction of sp³-hybridized carbons (Fsp3) is 1.00. The van der Waals surface area contributed by atoms with Gasteiger partial charge in [-0.2, -0.15) is 0 Å². The molecule has 3 fully saturated rings. The smallest absolute Gasteiger partial charge is 0.0594 e. The van der Waals surface area contributed by atoms with E-state index in [1.54, 1.807) is 0 Å². The third kappa shape index (κ3) is 7.16. The monoisotopic (exact) mass is 398 g/mol. The summed E-state index contributed by atoms with van der Waals surface area (Å²) in [5.41, 5.74) is 0. The van der Waals surface area contributed by atoms with Gasteiger partial charge in [-0.1, -0.05) is 0 Å². The first-order valence-corrected chi connectivity index (χ1v) is 12.4. The molecule has 5 nitrogen and oxygen atoms in total. The third-order valence-electron chi connectivity index (χ3n) is 6.56. The molecule has 0 aliphatic carbocycles. The number of hydrogen-bond acceptors (Lipinski definition) is 6. The lowest BCUT2D eigenvalue weighted by Gasteiger charge is -2.38. The van der Waals surface area contributed by atoms with Crippen molar-refractivity contribution in [2.24, 2.45) is 5.92 Å². The normalized spacial score (nSPS) is 30.7. The van der Waals surface area contributed by atoms with E-state index in [1.807, 2.05) is 0 Å². The number of hydrogen-bond donors (Lipinski definition) is 1. The highest BCUT2D eigenvalue weighted by molar-refractivity contribution is 7.99. The van der Waals surface area contributed by atoms with Crippen LogP contribution in [0.2, 0.25) is 0 Å². The standard InChI is InChI=1S/C21H42N4OS/c1-18(2)25-8-6-22-21(15-25)16-27-17-23-7-4-5-20(14-23)13-19(3)24-9-11-26-12-10-24/h18-22H,4-17H2,1-3H3. The van der Waals surface area contributed by atoms with Crippen molar-refractivity contribution in [3.05, 3.63) is 0 Å². The zero-order valence-electron chi connectivity index (χ0n) is 17.9. The predicted molar refractivity (Wildman–Crippen MR) is 117 cm³/mol. The van der Waals surface area contributed by atoms with Gasteiger partial charge in [0.25, 0.3) is 0 Å². The maximum atomic E-state index is 5.51. The molecule has 3 saturated heterocycles. The van der Waals surface area contributed by atoms with Crippen LogP contribution in [-0.4, -0.2) is 103 Å². The van der Waals surface area contributed by atoms with Crippen LogP contribution in [-0.2, 0) is 4.74 Å². The Bertz CT molecular complexity index is 419. The zero-order chi connectivity index (χ0) is 19.1. The predicted octanol–water partition coefficient (Wildman–Crippen LogP) is 2.18. The Labute approximate surface area is 171 Å².